The number of rotatable bonds is 9. The summed E-state index contributed by atoms with van der Waals surface area (Å²) in [6.07, 6.45) is 0. The number of carbonyl (C=O) groups excluding carboxylic acids is 1. The van der Waals surface area contributed by atoms with Crippen LogP contribution >= 0.6 is 0 Å². The van der Waals surface area contributed by atoms with Crippen molar-refractivity contribution in [1.82, 2.24) is 0 Å². The smallest absolute Gasteiger partial charge is 0.343 e. The number of methoxy groups -OCH3 is 1. The summed E-state index contributed by atoms with van der Waals surface area (Å²) in [4.78, 5) is 12.7. The number of fused-ring (bicyclic) bond motifs is 1. The molecule has 1 heterocycles. The van der Waals surface area contributed by atoms with E-state index in [9.17, 15) is 10.1 Å². The SMILES string of the molecule is CCOc1cc(C2C(C#N)=C(N)Oc3cc(OC(=O)c4ccc(OC)cc4)ccc32)ccc1OCc1ccc(C)cc1. The van der Waals surface area contributed by atoms with Gasteiger partial charge in [-0.1, -0.05) is 42.0 Å². The van der Waals surface area contributed by atoms with Gasteiger partial charge in [0.2, 0.25) is 5.88 Å². The summed E-state index contributed by atoms with van der Waals surface area (Å²) in [6.45, 7) is 4.75. The first kappa shape index (κ1) is 28.1. The molecule has 0 spiro atoms. The topological polar surface area (TPSA) is 113 Å². The largest absolute Gasteiger partial charge is 0.497 e. The molecule has 0 amide bonds. The van der Waals surface area contributed by atoms with E-state index in [1.807, 2.05) is 56.3 Å². The third-order valence-corrected chi connectivity index (χ3v) is 6.84. The van der Waals surface area contributed by atoms with Crippen molar-refractivity contribution in [2.75, 3.05) is 13.7 Å². The molecule has 0 aromatic heterocycles. The number of nitrogens with zero attached hydrogens (tertiary/aromatic N) is 1. The molecule has 0 saturated heterocycles. The lowest BCUT2D eigenvalue weighted by Crippen LogP contribution is -2.21. The molecule has 1 atom stereocenters. The zero-order chi connectivity index (χ0) is 29.6. The van der Waals surface area contributed by atoms with Crippen molar-refractivity contribution < 1.29 is 28.5 Å². The summed E-state index contributed by atoms with van der Waals surface area (Å²) in [7, 11) is 1.55. The maximum atomic E-state index is 12.7. The zero-order valence-electron chi connectivity index (χ0n) is 23.5. The van der Waals surface area contributed by atoms with Gasteiger partial charge in [0.1, 0.15) is 35.5 Å². The number of benzene rings is 4. The van der Waals surface area contributed by atoms with Gasteiger partial charge in [0.25, 0.3) is 0 Å². The molecule has 8 nitrogen and oxygen atoms in total. The summed E-state index contributed by atoms with van der Waals surface area (Å²) in [5.74, 6) is 1.34. The lowest BCUT2D eigenvalue weighted by Gasteiger charge is -2.27. The number of hydrogen-bond donors (Lipinski definition) is 1. The zero-order valence-corrected chi connectivity index (χ0v) is 23.5. The maximum Gasteiger partial charge on any atom is 0.343 e. The van der Waals surface area contributed by atoms with Crippen LogP contribution in [-0.2, 0) is 6.61 Å². The summed E-state index contributed by atoms with van der Waals surface area (Å²) in [6, 6.07) is 27.5. The molecular weight excluding hydrogens is 532 g/mol. The highest BCUT2D eigenvalue weighted by Crippen LogP contribution is 2.45. The van der Waals surface area contributed by atoms with E-state index in [0.717, 1.165) is 11.1 Å². The second-order valence-electron chi connectivity index (χ2n) is 9.66. The number of carbonyl (C=O) groups is 1. The van der Waals surface area contributed by atoms with Crippen LogP contribution in [0.25, 0.3) is 0 Å². The normalized spacial score (nSPS) is 13.8. The highest BCUT2D eigenvalue weighted by molar-refractivity contribution is 5.91. The molecule has 0 radical (unpaired) electrons. The Morgan fingerprint density at radius 1 is 0.929 bits per heavy atom. The second kappa shape index (κ2) is 12.4. The Labute approximate surface area is 244 Å². The first-order chi connectivity index (χ1) is 20.4. The fraction of sp³-hybridized carbons (Fsp3) is 0.176. The van der Waals surface area contributed by atoms with Crippen LogP contribution in [0.1, 0.15) is 45.5 Å². The molecule has 4 aromatic carbocycles. The highest BCUT2D eigenvalue weighted by atomic mass is 16.5. The molecule has 1 aliphatic rings. The minimum Gasteiger partial charge on any atom is -0.497 e. The van der Waals surface area contributed by atoms with Crippen LogP contribution < -0.4 is 29.4 Å². The second-order valence-corrected chi connectivity index (χ2v) is 9.66. The number of nitrogens with two attached hydrogens (primary N) is 1. The number of esters is 1. The van der Waals surface area contributed by atoms with E-state index in [2.05, 4.69) is 6.07 Å². The van der Waals surface area contributed by atoms with E-state index in [1.54, 1.807) is 49.6 Å². The lowest BCUT2D eigenvalue weighted by molar-refractivity contribution is 0.0734. The van der Waals surface area contributed by atoms with E-state index < -0.39 is 11.9 Å². The van der Waals surface area contributed by atoms with Crippen LogP contribution in [0.5, 0.6) is 28.7 Å². The van der Waals surface area contributed by atoms with Crippen LogP contribution in [0, 0.1) is 18.3 Å². The van der Waals surface area contributed by atoms with Gasteiger partial charge in [-0.15, -0.1) is 0 Å². The number of hydrogen-bond acceptors (Lipinski definition) is 8. The Morgan fingerprint density at radius 2 is 1.67 bits per heavy atom. The van der Waals surface area contributed by atoms with Gasteiger partial charge in [0.15, 0.2) is 11.5 Å². The number of nitriles is 1. The molecule has 2 N–H and O–H groups in total. The minimum absolute atomic E-state index is 0.0220. The van der Waals surface area contributed by atoms with Crippen molar-refractivity contribution in [2.45, 2.75) is 26.4 Å². The van der Waals surface area contributed by atoms with Crippen molar-refractivity contribution in [3.63, 3.8) is 0 Å². The lowest BCUT2D eigenvalue weighted by atomic mass is 9.83. The molecule has 0 bridgehead atoms. The van der Waals surface area contributed by atoms with E-state index in [1.165, 1.54) is 5.56 Å². The Bertz CT molecular complexity index is 1670. The van der Waals surface area contributed by atoms with Crippen LogP contribution in [0.4, 0.5) is 0 Å². The van der Waals surface area contributed by atoms with Gasteiger partial charge in [-0.25, -0.2) is 4.79 Å². The van der Waals surface area contributed by atoms with E-state index in [4.69, 9.17) is 29.4 Å². The van der Waals surface area contributed by atoms with Crippen molar-refractivity contribution in [2.24, 2.45) is 5.73 Å². The molecular formula is C34H30N2O6. The minimum atomic E-state index is -0.534. The Hall–Kier alpha value is -5.42. The molecule has 5 rings (SSSR count). The van der Waals surface area contributed by atoms with Crippen molar-refractivity contribution in [3.8, 4) is 34.8 Å². The fourth-order valence-corrected chi connectivity index (χ4v) is 4.67. The molecule has 212 valence electrons. The molecule has 8 heteroatoms. The number of allylic oxidation sites excluding steroid dienone is 1. The van der Waals surface area contributed by atoms with Gasteiger partial charge in [-0.05, 0) is 67.4 Å². The molecule has 4 aromatic rings. The molecule has 0 saturated carbocycles. The Balaban J connectivity index is 1.43. The molecule has 1 aliphatic heterocycles. The maximum absolute atomic E-state index is 12.7. The Morgan fingerprint density at radius 3 is 2.36 bits per heavy atom. The third kappa shape index (κ3) is 6.01. The first-order valence-electron chi connectivity index (χ1n) is 13.4. The van der Waals surface area contributed by atoms with Crippen LogP contribution in [0.3, 0.4) is 0 Å². The number of aryl methyl sites for hydroxylation is 1. The predicted octanol–water partition coefficient (Wildman–Crippen LogP) is 6.42. The summed E-state index contributed by atoms with van der Waals surface area (Å²) in [5, 5.41) is 10.0. The van der Waals surface area contributed by atoms with Crippen molar-refractivity contribution in [1.29, 1.82) is 5.26 Å². The van der Waals surface area contributed by atoms with E-state index in [0.29, 0.717) is 47.3 Å². The molecule has 42 heavy (non-hydrogen) atoms. The van der Waals surface area contributed by atoms with Crippen molar-refractivity contribution in [3.05, 3.63) is 124 Å². The molecule has 0 aliphatic carbocycles. The van der Waals surface area contributed by atoms with Gasteiger partial charge < -0.3 is 29.4 Å². The van der Waals surface area contributed by atoms with Crippen LogP contribution in [-0.4, -0.2) is 19.7 Å². The average Bonchev–Trinajstić information content (AvgIpc) is 3.00. The van der Waals surface area contributed by atoms with E-state index in [-0.39, 0.29) is 17.2 Å². The summed E-state index contributed by atoms with van der Waals surface area (Å²) >= 11 is 0. The monoisotopic (exact) mass is 562 g/mol. The van der Waals surface area contributed by atoms with Gasteiger partial charge in [0.05, 0.1) is 25.2 Å². The fourth-order valence-electron chi connectivity index (χ4n) is 4.67. The Kier molecular flexibility index (Phi) is 8.30. The summed E-state index contributed by atoms with van der Waals surface area (Å²) < 4.78 is 28.6. The highest BCUT2D eigenvalue weighted by Gasteiger charge is 2.32. The van der Waals surface area contributed by atoms with Crippen LogP contribution in [0.15, 0.2) is 96.4 Å². The van der Waals surface area contributed by atoms with Gasteiger partial charge in [-0.2, -0.15) is 5.26 Å². The number of ether oxygens (including phenoxy) is 5. The van der Waals surface area contributed by atoms with Gasteiger partial charge in [0, 0.05) is 11.6 Å². The quantitative estimate of drug-likeness (QED) is 0.184. The standard InChI is InChI=1S/C34H30N2O6/c1-4-39-31-17-24(11-16-29(31)40-20-22-7-5-21(2)6-8-22)32-27-15-14-26(18-30(27)42-33(36)28(32)19-35)41-34(37)23-9-12-25(38-3)13-10-23/h5-18,32H,4,20,36H2,1-3H3. The van der Waals surface area contributed by atoms with Crippen molar-refractivity contribution >= 4 is 5.97 Å². The third-order valence-electron chi connectivity index (χ3n) is 6.84. The molecule has 1 unspecified atom stereocenters. The van der Waals surface area contributed by atoms with Gasteiger partial charge >= 0.3 is 5.97 Å². The predicted molar refractivity (Wildman–Crippen MR) is 157 cm³/mol. The molecule has 0 fully saturated rings. The van der Waals surface area contributed by atoms with E-state index >= 15 is 0 Å². The first-order valence-corrected chi connectivity index (χ1v) is 13.4. The summed E-state index contributed by atoms with van der Waals surface area (Å²) in [5.41, 5.74) is 10.5. The van der Waals surface area contributed by atoms with Gasteiger partial charge in [-0.3, -0.25) is 0 Å². The average molecular weight is 563 g/mol. The van der Waals surface area contributed by atoms with Crippen LogP contribution in [0.2, 0.25) is 0 Å².